The summed E-state index contributed by atoms with van der Waals surface area (Å²) in [7, 11) is 0. The van der Waals surface area contributed by atoms with Gasteiger partial charge in [0.2, 0.25) is 0 Å². The number of nitrogens with two attached hydrogens (primary N) is 1. The van der Waals surface area contributed by atoms with Crippen LogP contribution in [0.4, 0.5) is 5.69 Å². The first kappa shape index (κ1) is 16.0. The molecule has 4 nitrogen and oxygen atoms in total. The van der Waals surface area contributed by atoms with Crippen LogP contribution in [0.3, 0.4) is 0 Å². The maximum Gasteiger partial charge on any atom is 0.163 e. The third kappa shape index (κ3) is 5.84. The van der Waals surface area contributed by atoms with E-state index in [1.165, 1.54) is 0 Å². The molecule has 21 heavy (non-hydrogen) atoms. The van der Waals surface area contributed by atoms with Gasteiger partial charge in [0.25, 0.3) is 0 Å². The fraction of sp³-hybridized carbons (Fsp3) is 0.647. The topological polar surface area (TPSA) is 53.7 Å². The number of hydrogen-bond donors (Lipinski definition) is 1. The van der Waals surface area contributed by atoms with E-state index in [2.05, 4.69) is 6.92 Å². The monoisotopic (exact) mass is 293 g/mol. The zero-order chi connectivity index (χ0) is 14.9. The van der Waals surface area contributed by atoms with Crippen molar-refractivity contribution in [2.24, 2.45) is 5.92 Å². The number of anilines is 1. The molecule has 1 atom stereocenters. The quantitative estimate of drug-likeness (QED) is 0.742. The Morgan fingerprint density at radius 1 is 0.905 bits per heavy atom. The first-order valence-electron chi connectivity index (χ1n) is 7.98. The van der Waals surface area contributed by atoms with Gasteiger partial charge >= 0.3 is 0 Å². The van der Waals surface area contributed by atoms with E-state index in [0.29, 0.717) is 24.8 Å². The standard InChI is InChI=1S/C17H27NO3/c1-14-7-11-19-9-3-2-4-10-20-17-13-15(18)5-6-16(17)21-12-8-14/h5-6,13-14H,2-4,7-12,18H2,1H3. The van der Waals surface area contributed by atoms with Crippen molar-refractivity contribution in [3.8, 4) is 11.5 Å². The molecule has 0 fully saturated rings. The second-order valence-electron chi connectivity index (χ2n) is 5.76. The van der Waals surface area contributed by atoms with Crippen LogP contribution >= 0.6 is 0 Å². The first-order valence-corrected chi connectivity index (χ1v) is 7.98. The Hall–Kier alpha value is -1.42. The zero-order valence-corrected chi connectivity index (χ0v) is 13.0. The van der Waals surface area contributed by atoms with Gasteiger partial charge in [-0.1, -0.05) is 6.92 Å². The van der Waals surface area contributed by atoms with E-state index in [-0.39, 0.29) is 0 Å². The van der Waals surface area contributed by atoms with Crippen molar-refractivity contribution in [3.63, 3.8) is 0 Å². The van der Waals surface area contributed by atoms with Crippen LogP contribution in [-0.2, 0) is 4.74 Å². The first-order chi connectivity index (χ1) is 10.3. The molecular weight excluding hydrogens is 266 g/mol. The number of hydrogen-bond acceptors (Lipinski definition) is 4. The molecule has 0 spiro atoms. The summed E-state index contributed by atoms with van der Waals surface area (Å²) >= 11 is 0. The van der Waals surface area contributed by atoms with E-state index in [1.54, 1.807) is 0 Å². The van der Waals surface area contributed by atoms with Crippen molar-refractivity contribution in [2.45, 2.75) is 39.0 Å². The predicted octanol–water partition coefficient (Wildman–Crippen LogP) is 3.64. The lowest BCUT2D eigenvalue weighted by atomic mass is 10.1. The molecule has 2 N–H and O–H groups in total. The SMILES string of the molecule is CC1CCOCCCCCOc2cc(N)ccc2OCC1. The van der Waals surface area contributed by atoms with Gasteiger partial charge in [0.1, 0.15) is 0 Å². The second-order valence-corrected chi connectivity index (χ2v) is 5.76. The molecule has 2 rings (SSSR count). The summed E-state index contributed by atoms with van der Waals surface area (Å²) in [6.07, 6.45) is 5.35. The average molecular weight is 293 g/mol. The van der Waals surface area contributed by atoms with Crippen LogP contribution in [0.1, 0.15) is 39.0 Å². The van der Waals surface area contributed by atoms with Crippen molar-refractivity contribution in [3.05, 3.63) is 18.2 Å². The fourth-order valence-electron chi connectivity index (χ4n) is 2.32. The van der Waals surface area contributed by atoms with E-state index in [4.69, 9.17) is 19.9 Å². The third-order valence-corrected chi connectivity index (χ3v) is 3.78. The maximum absolute atomic E-state index is 5.87. The molecule has 4 heteroatoms. The number of rotatable bonds is 0. The van der Waals surface area contributed by atoms with Crippen LogP contribution in [0.15, 0.2) is 18.2 Å². The summed E-state index contributed by atoms with van der Waals surface area (Å²) in [4.78, 5) is 0. The van der Waals surface area contributed by atoms with E-state index >= 15 is 0 Å². The maximum atomic E-state index is 5.87. The van der Waals surface area contributed by atoms with E-state index in [0.717, 1.165) is 56.8 Å². The minimum absolute atomic E-state index is 0.605. The van der Waals surface area contributed by atoms with Crippen molar-refractivity contribution < 1.29 is 14.2 Å². The molecule has 1 heterocycles. The smallest absolute Gasteiger partial charge is 0.163 e. The predicted molar refractivity (Wildman–Crippen MR) is 84.9 cm³/mol. The van der Waals surface area contributed by atoms with Gasteiger partial charge < -0.3 is 19.9 Å². The molecule has 0 aliphatic carbocycles. The zero-order valence-electron chi connectivity index (χ0n) is 13.0. The Morgan fingerprint density at radius 3 is 2.57 bits per heavy atom. The molecule has 118 valence electrons. The van der Waals surface area contributed by atoms with Gasteiger partial charge in [0.05, 0.1) is 13.2 Å². The van der Waals surface area contributed by atoms with Crippen LogP contribution < -0.4 is 15.2 Å². The molecule has 1 unspecified atom stereocenters. The average Bonchev–Trinajstić information content (AvgIpc) is 2.47. The summed E-state index contributed by atoms with van der Waals surface area (Å²) < 4.78 is 17.4. The Labute approximate surface area is 127 Å². The molecule has 0 bridgehead atoms. The highest BCUT2D eigenvalue weighted by molar-refractivity contribution is 5.51. The lowest BCUT2D eigenvalue weighted by Gasteiger charge is -2.15. The lowest BCUT2D eigenvalue weighted by molar-refractivity contribution is 0.114. The summed E-state index contributed by atoms with van der Waals surface area (Å²) in [5.41, 5.74) is 6.54. The van der Waals surface area contributed by atoms with E-state index in [1.807, 2.05) is 18.2 Å². The Kier molecular flexibility index (Phi) is 6.67. The lowest BCUT2D eigenvalue weighted by Crippen LogP contribution is -2.08. The molecule has 0 saturated heterocycles. The van der Waals surface area contributed by atoms with Gasteiger partial charge in [-0.3, -0.25) is 0 Å². The van der Waals surface area contributed by atoms with Gasteiger partial charge in [0.15, 0.2) is 11.5 Å². The minimum Gasteiger partial charge on any atom is -0.490 e. The van der Waals surface area contributed by atoms with Gasteiger partial charge in [-0.25, -0.2) is 0 Å². The van der Waals surface area contributed by atoms with Crippen LogP contribution in [0.25, 0.3) is 0 Å². The van der Waals surface area contributed by atoms with Crippen molar-refractivity contribution in [1.29, 1.82) is 0 Å². The highest BCUT2D eigenvalue weighted by atomic mass is 16.5. The third-order valence-electron chi connectivity index (χ3n) is 3.78. The van der Waals surface area contributed by atoms with E-state index in [9.17, 15) is 0 Å². The summed E-state index contributed by atoms with van der Waals surface area (Å²) in [6, 6.07) is 5.60. The second kappa shape index (κ2) is 8.78. The van der Waals surface area contributed by atoms with Gasteiger partial charge in [0, 0.05) is 25.0 Å². The normalized spacial score (nSPS) is 22.0. The van der Waals surface area contributed by atoms with Crippen molar-refractivity contribution >= 4 is 5.69 Å². The minimum atomic E-state index is 0.605. The molecule has 1 aliphatic rings. The van der Waals surface area contributed by atoms with Crippen molar-refractivity contribution in [2.75, 3.05) is 32.2 Å². The van der Waals surface area contributed by atoms with Gasteiger partial charge in [-0.05, 0) is 50.2 Å². The molecule has 1 aromatic carbocycles. The summed E-state index contributed by atoms with van der Waals surface area (Å²) in [5.74, 6) is 2.16. The molecular formula is C17H27NO3. The highest BCUT2D eigenvalue weighted by Crippen LogP contribution is 2.30. The van der Waals surface area contributed by atoms with E-state index < -0.39 is 0 Å². The number of fused-ring (bicyclic) bond motifs is 1. The Morgan fingerprint density at radius 2 is 1.67 bits per heavy atom. The number of ether oxygens (including phenoxy) is 3. The molecule has 0 aromatic heterocycles. The molecule has 0 radical (unpaired) electrons. The van der Waals surface area contributed by atoms with Crippen LogP contribution in [-0.4, -0.2) is 26.4 Å². The van der Waals surface area contributed by atoms with Gasteiger partial charge in [-0.2, -0.15) is 0 Å². The van der Waals surface area contributed by atoms with Crippen LogP contribution in [0.2, 0.25) is 0 Å². The fourth-order valence-corrected chi connectivity index (χ4v) is 2.32. The van der Waals surface area contributed by atoms with Gasteiger partial charge in [-0.15, -0.1) is 0 Å². The summed E-state index contributed by atoms with van der Waals surface area (Å²) in [6.45, 7) is 5.33. The molecule has 0 saturated carbocycles. The van der Waals surface area contributed by atoms with Crippen LogP contribution in [0, 0.1) is 5.92 Å². The number of benzene rings is 1. The Balaban J connectivity index is 1.97. The highest BCUT2D eigenvalue weighted by Gasteiger charge is 2.08. The van der Waals surface area contributed by atoms with Crippen molar-refractivity contribution in [1.82, 2.24) is 0 Å². The molecule has 0 amide bonds. The summed E-state index contributed by atoms with van der Waals surface area (Å²) in [5, 5.41) is 0. The Bertz CT molecular complexity index is 422. The molecule has 1 aliphatic heterocycles. The number of nitrogen functional groups attached to an aromatic ring is 1. The largest absolute Gasteiger partial charge is 0.490 e. The van der Waals surface area contributed by atoms with Crippen LogP contribution in [0.5, 0.6) is 11.5 Å². The molecule has 1 aromatic rings.